The molecule has 0 saturated heterocycles. The van der Waals surface area contributed by atoms with Crippen LogP contribution < -0.4 is 10.6 Å². The van der Waals surface area contributed by atoms with Gasteiger partial charge < -0.3 is 4.57 Å². The van der Waals surface area contributed by atoms with Crippen LogP contribution in [0.1, 0.15) is 65.7 Å². The Morgan fingerprint density at radius 2 is 1.32 bits per heavy atom. The molecule has 0 heterocycles. The summed E-state index contributed by atoms with van der Waals surface area (Å²) in [4.78, 5) is 0. The Kier molecular flexibility index (Phi) is 9.51. The molecule has 150 valence electrons. The van der Waals surface area contributed by atoms with E-state index in [1.807, 2.05) is 60.7 Å². The zero-order valence-corrected chi connectivity index (χ0v) is 18.6. The molecule has 28 heavy (non-hydrogen) atoms. The summed E-state index contributed by atoms with van der Waals surface area (Å²) < 4.78 is 14.5. The summed E-state index contributed by atoms with van der Waals surface area (Å²) in [6.45, 7) is 6.67. The first kappa shape index (κ1) is 22.4. The summed E-state index contributed by atoms with van der Waals surface area (Å²) in [6.07, 6.45) is 10.0. The molecule has 0 fully saturated rings. The highest BCUT2D eigenvalue weighted by Gasteiger charge is 2.25. The molecule has 0 radical (unpaired) electrons. The highest BCUT2D eigenvalue weighted by atomic mass is 31.2. The summed E-state index contributed by atoms with van der Waals surface area (Å²) in [5, 5.41) is 1.84. The van der Waals surface area contributed by atoms with E-state index < -0.39 is 7.14 Å². The summed E-state index contributed by atoms with van der Waals surface area (Å²) in [5.41, 5.74) is 2.68. The lowest BCUT2D eigenvalue weighted by atomic mass is 9.97. The third-order valence-electron chi connectivity index (χ3n) is 5.03. The van der Waals surface area contributed by atoms with Crippen LogP contribution >= 0.6 is 7.14 Å². The van der Waals surface area contributed by atoms with E-state index in [4.69, 9.17) is 0 Å². The standard InChI is InChI=1S/C26H35OP/c1-4-7-16-23(15-6-3)24(17-8-5-2)22-28(27,25-18-11-9-12-19-25)26-20-13-10-14-21-26/h9-14,16,18-22H,4-8,15,17H2,1-3H3. The van der Waals surface area contributed by atoms with Gasteiger partial charge in [0.05, 0.1) is 0 Å². The molecule has 2 heteroatoms. The molecule has 0 amide bonds. The van der Waals surface area contributed by atoms with E-state index in [9.17, 15) is 4.57 Å². The largest absolute Gasteiger partial charge is 0.309 e. The number of hydrogen-bond acceptors (Lipinski definition) is 1. The van der Waals surface area contributed by atoms with Gasteiger partial charge in [-0.3, -0.25) is 0 Å². The molecule has 0 saturated carbocycles. The van der Waals surface area contributed by atoms with E-state index in [2.05, 4.69) is 32.7 Å². The zero-order valence-electron chi connectivity index (χ0n) is 17.7. The lowest BCUT2D eigenvalue weighted by molar-refractivity contribution is 0.592. The van der Waals surface area contributed by atoms with Gasteiger partial charge in [-0.05, 0) is 42.6 Å². The van der Waals surface area contributed by atoms with Gasteiger partial charge in [-0.1, -0.05) is 107 Å². The van der Waals surface area contributed by atoms with E-state index >= 15 is 0 Å². The fraction of sp³-hybridized carbons (Fsp3) is 0.385. The Hall–Kier alpha value is -1.85. The van der Waals surface area contributed by atoms with E-state index in [0.717, 1.165) is 55.6 Å². The maximum atomic E-state index is 14.5. The average Bonchev–Trinajstić information content (AvgIpc) is 2.75. The van der Waals surface area contributed by atoms with Crippen LogP contribution in [0.5, 0.6) is 0 Å². The monoisotopic (exact) mass is 394 g/mol. The Bertz CT molecular complexity index is 759. The summed E-state index contributed by atoms with van der Waals surface area (Å²) in [6, 6.07) is 20.0. The first-order valence-electron chi connectivity index (χ1n) is 10.8. The van der Waals surface area contributed by atoms with Crippen molar-refractivity contribution in [2.45, 2.75) is 65.7 Å². The molecular weight excluding hydrogens is 359 g/mol. The van der Waals surface area contributed by atoms with E-state index in [1.165, 1.54) is 11.1 Å². The second kappa shape index (κ2) is 11.9. The lowest BCUT2D eigenvalue weighted by Crippen LogP contribution is -2.14. The molecular formula is C26H35OP. The predicted molar refractivity (Wildman–Crippen MR) is 125 cm³/mol. The number of hydrogen-bond donors (Lipinski definition) is 0. The first-order valence-corrected chi connectivity index (χ1v) is 12.5. The molecule has 2 aromatic rings. The van der Waals surface area contributed by atoms with Crippen molar-refractivity contribution in [2.24, 2.45) is 0 Å². The van der Waals surface area contributed by atoms with Crippen molar-refractivity contribution < 1.29 is 4.57 Å². The second-order valence-electron chi connectivity index (χ2n) is 7.36. The quantitative estimate of drug-likeness (QED) is 0.283. The van der Waals surface area contributed by atoms with Crippen LogP contribution in [0.3, 0.4) is 0 Å². The Morgan fingerprint density at radius 1 is 0.750 bits per heavy atom. The van der Waals surface area contributed by atoms with Crippen LogP contribution in [-0.4, -0.2) is 0 Å². The lowest BCUT2D eigenvalue weighted by Gasteiger charge is -2.20. The normalized spacial score (nSPS) is 13.0. The molecule has 0 N–H and O–H groups in total. The topological polar surface area (TPSA) is 17.1 Å². The van der Waals surface area contributed by atoms with Crippen molar-refractivity contribution >= 4 is 17.8 Å². The first-order chi connectivity index (χ1) is 13.7. The Morgan fingerprint density at radius 3 is 1.79 bits per heavy atom. The van der Waals surface area contributed by atoms with Crippen molar-refractivity contribution in [1.29, 1.82) is 0 Å². The number of rotatable bonds is 11. The molecule has 0 atom stereocenters. The third-order valence-corrected chi connectivity index (χ3v) is 7.83. The summed E-state index contributed by atoms with van der Waals surface area (Å²) in [5.74, 6) is 2.13. The molecule has 2 rings (SSSR count). The highest BCUT2D eigenvalue weighted by Crippen LogP contribution is 2.47. The minimum Gasteiger partial charge on any atom is -0.309 e. The fourth-order valence-corrected chi connectivity index (χ4v) is 6.03. The highest BCUT2D eigenvalue weighted by molar-refractivity contribution is 7.81. The van der Waals surface area contributed by atoms with Crippen molar-refractivity contribution in [3.05, 3.63) is 83.7 Å². The van der Waals surface area contributed by atoms with Gasteiger partial charge in [0, 0.05) is 10.6 Å². The number of benzene rings is 2. The van der Waals surface area contributed by atoms with E-state index in [0.29, 0.717) is 0 Å². The SMILES string of the molecule is CCCC=C(CCC)C(=CP(=O)(c1ccccc1)c1ccccc1)CCCC. The van der Waals surface area contributed by atoms with Crippen LogP contribution in [0.15, 0.2) is 83.7 Å². The van der Waals surface area contributed by atoms with Crippen LogP contribution in [0.4, 0.5) is 0 Å². The van der Waals surface area contributed by atoms with Gasteiger partial charge >= 0.3 is 0 Å². The number of allylic oxidation sites excluding steroid dienone is 3. The molecule has 0 aliphatic heterocycles. The van der Waals surface area contributed by atoms with Crippen molar-refractivity contribution in [3.63, 3.8) is 0 Å². The van der Waals surface area contributed by atoms with Gasteiger partial charge in [0.1, 0.15) is 0 Å². The van der Waals surface area contributed by atoms with Crippen LogP contribution in [0, 0.1) is 0 Å². The van der Waals surface area contributed by atoms with Crippen molar-refractivity contribution in [3.8, 4) is 0 Å². The molecule has 0 unspecified atom stereocenters. The van der Waals surface area contributed by atoms with Gasteiger partial charge in [0.15, 0.2) is 7.14 Å². The molecule has 0 spiro atoms. The van der Waals surface area contributed by atoms with Gasteiger partial charge in [-0.2, -0.15) is 0 Å². The maximum Gasteiger partial charge on any atom is 0.164 e. The van der Waals surface area contributed by atoms with Gasteiger partial charge in [-0.15, -0.1) is 0 Å². The molecule has 0 bridgehead atoms. The minimum atomic E-state index is -2.83. The molecule has 1 nitrogen and oxygen atoms in total. The second-order valence-corrected chi connectivity index (χ2v) is 9.96. The van der Waals surface area contributed by atoms with Gasteiger partial charge in [-0.25, -0.2) is 0 Å². The summed E-state index contributed by atoms with van der Waals surface area (Å²) in [7, 11) is -2.83. The van der Waals surface area contributed by atoms with Crippen molar-refractivity contribution in [1.82, 2.24) is 0 Å². The zero-order chi connectivity index (χ0) is 20.2. The molecule has 0 aliphatic rings. The third kappa shape index (κ3) is 6.08. The van der Waals surface area contributed by atoms with Gasteiger partial charge in [0.25, 0.3) is 0 Å². The fourth-order valence-electron chi connectivity index (χ4n) is 3.47. The maximum absolute atomic E-state index is 14.5. The van der Waals surface area contributed by atoms with Crippen LogP contribution in [-0.2, 0) is 4.57 Å². The molecule has 2 aromatic carbocycles. The van der Waals surface area contributed by atoms with E-state index in [1.54, 1.807) is 0 Å². The Labute approximate surface area is 172 Å². The predicted octanol–water partition coefficient (Wildman–Crippen LogP) is 7.60. The summed E-state index contributed by atoms with van der Waals surface area (Å²) >= 11 is 0. The molecule has 0 aliphatic carbocycles. The van der Waals surface area contributed by atoms with Crippen LogP contribution in [0.25, 0.3) is 0 Å². The van der Waals surface area contributed by atoms with Crippen molar-refractivity contribution in [2.75, 3.05) is 0 Å². The smallest absolute Gasteiger partial charge is 0.164 e. The molecule has 0 aromatic heterocycles. The number of unbranched alkanes of at least 4 members (excludes halogenated alkanes) is 2. The van der Waals surface area contributed by atoms with Crippen LogP contribution in [0.2, 0.25) is 0 Å². The van der Waals surface area contributed by atoms with E-state index in [-0.39, 0.29) is 0 Å². The Balaban J connectivity index is 2.63. The average molecular weight is 395 g/mol. The minimum absolute atomic E-state index is 0.918. The van der Waals surface area contributed by atoms with Gasteiger partial charge in [0.2, 0.25) is 0 Å².